The maximum Gasteiger partial charge on any atom is 0.281 e. The number of carbonyl (C=O) groups is 1. The van der Waals surface area contributed by atoms with Crippen molar-refractivity contribution in [1.82, 2.24) is 0 Å². The second kappa shape index (κ2) is 10.7. The van der Waals surface area contributed by atoms with E-state index in [9.17, 15) is 4.79 Å². The first kappa shape index (κ1) is 17.5. The summed E-state index contributed by atoms with van der Waals surface area (Å²) in [5.74, 6) is 1.72. The second-order valence-electron chi connectivity index (χ2n) is 3.41. The van der Waals surface area contributed by atoms with Gasteiger partial charge in [0.2, 0.25) is 0 Å². The Morgan fingerprint density at radius 3 is 2.56 bits per heavy atom. The molecule has 1 unspecified atom stereocenters. The first-order chi connectivity index (χ1) is 7.22. The number of rotatable bonds is 4. The van der Waals surface area contributed by atoms with Crippen LogP contribution in [0.3, 0.4) is 0 Å². The third kappa shape index (κ3) is 7.43. The Labute approximate surface area is 107 Å². The van der Waals surface area contributed by atoms with Crippen molar-refractivity contribution in [2.24, 2.45) is 5.92 Å². The van der Waals surface area contributed by atoms with Crippen LogP contribution in [0.4, 0.5) is 0 Å². The van der Waals surface area contributed by atoms with Gasteiger partial charge >= 0.3 is 0 Å². The molecule has 16 heavy (non-hydrogen) atoms. The maximum absolute atomic E-state index is 10.7. The van der Waals surface area contributed by atoms with E-state index < -0.39 is 0 Å². The fourth-order valence-electron chi connectivity index (χ4n) is 1.40. The van der Waals surface area contributed by atoms with Gasteiger partial charge < -0.3 is 9.53 Å². The molecule has 0 N–H and O–H groups in total. The molecule has 4 heteroatoms. The molecule has 0 aromatic carbocycles. The fourth-order valence-corrected chi connectivity index (χ4v) is 1.40. The number of Topliss-reactive ketones (excluding diaryl/α,β-unsaturated/α-hetero) is 1. The quantitative estimate of drug-likeness (QED) is 0.730. The summed E-state index contributed by atoms with van der Waals surface area (Å²) in [5.41, 5.74) is 0. The van der Waals surface area contributed by atoms with Crippen LogP contribution in [0.5, 0.6) is 0 Å². The van der Waals surface area contributed by atoms with Crippen molar-refractivity contribution in [2.45, 2.75) is 26.2 Å². The number of ether oxygens (including phenoxy) is 1. The number of methoxy groups -OCH3 is 1. The van der Waals surface area contributed by atoms with Gasteiger partial charge in [-0.2, -0.15) is 0 Å². The molecule has 0 aromatic rings. The zero-order valence-corrected chi connectivity index (χ0v) is 10.6. The molecule has 0 aromatic heterocycles. The molecular weight excluding hydrogens is 248 g/mol. The van der Waals surface area contributed by atoms with Crippen LogP contribution in [0.1, 0.15) is 26.2 Å². The molecule has 90 valence electrons. The van der Waals surface area contributed by atoms with Gasteiger partial charge in [-0.1, -0.05) is 6.08 Å². The molecule has 0 spiro atoms. The largest absolute Gasteiger partial charge is 0.497 e. The van der Waals surface area contributed by atoms with E-state index in [4.69, 9.17) is 9.53 Å². The van der Waals surface area contributed by atoms with Gasteiger partial charge in [0.25, 0.3) is 6.79 Å². The molecule has 2 radical (unpaired) electrons. The van der Waals surface area contributed by atoms with Gasteiger partial charge in [0.15, 0.2) is 0 Å². The van der Waals surface area contributed by atoms with Crippen LogP contribution < -0.4 is 0 Å². The minimum Gasteiger partial charge on any atom is -0.497 e. The van der Waals surface area contributed by atoms with Crippen LogP contribution in [0.15, 0.2) is 24.0 Å². The molecule has 0 aliphatic heterocycles. The Bertz CT molecular complexity index is 259. The standard InChI is InChI=1S/C11H16O2.CO.Fe/c1-9(12)3-4-10-5-7-11(13-2)8-6-10;1-2;/h5,7-8,10H,3-4,6H2,1-2H3;;. The summed E-state index contributed by atoms with van der Waals surface area (Å²) in [5, 5.41) is 0. The molecule has 1 atom stereocenters. The molecule has 0 bridgehead atoms. The van der Waals surface area contributed by atoms with Gasteiger partial charge in [-0.25, -0.2) is 0 Å². The monoisotopic (exact) mass is 264 g/mol. The van der Waals surface area contributed by atoms with Gasteiger partial charge in [-0.05, 0) is 37.8 Å². The predicted octanol–water partition coefficient (Wildman–Crippen LogP) is 2.06. The van der Waals surface area contributed by atoms with Crippen LogP contribution >= 0.6 is 0 Å². The summed E-state index contributed by atoms with van der Waals surface area (Å²) >= 11 is 0. The van der Waals surface area contributed by atoms with Crippen molar-refractivity contribution >= 4 is 12.6 Å². The first-order valence-corrected chi connectivity index (χ1v) is 4.84. The molecule has 0 fully saturated rings. The van der Waals surface area contributed by atoms with E-state index in [2.05, 4.69) is 18.9 Å². The van der Waals surface area contributed by atoms with E-state index in [1.807, 2.05) is 6.08 Å². The number of hydrogen-bond acceptors (Lipinski definition) is 3. The van der Waals surface area contributed by atoms with E-state index in [1.165, 1.54) is 0 Å². The summed E-state index contributed by atoms with van der Waals surface area (Å²) in [6, 6.07) is 0. The fraction of sp³-hybridized carbons (Fsp3) is 0.500. The van der Waals surface area contributed by atoms with Crippen LogP contribution in [0.2, 0.25) is 0 Å². The van der Waals surface area contributed by atoms with Crippen LogP contribution in [0, 0.1) is 5.92 Å². The summed E-state index contributed by atoms with van der Waals surface area (Å²) in [7, 11) is 1.67. The van der Waals surface area contributed by atoms with Crippen molar-refractivity contribution in [1.29, 1.82) is 0 Å². The summed E-state index contributed by atoms with van der Waals surface area (Å²) < 4.78 is 5.07. The average Bonchev–Trinajstić information content (AvgIpc) is 2.30. The SMILES string of the molecule is COC1=CCC(CCC(C)=O)C=C1.[C]=O.[Fe]. The molecule has 0 saturated carbocycles. The zero-order chi connectivity index (χ0) is 11.7. The maximum atomic E-state index is 10.7. The van der Waals surface area contributed by atoms with E-state index in [-0.39, 0.29) is 22.9 Å². The van der Waals surface area contributed by atoms with Crippen molar-refractivity contribution < 1.29 is 31.4 Å². The van der Waals surface area contributed by atoms with E-state index >= 15 is 0 Å². The minimum atomic E-state index is 0. The van der Waals surface area contributed by atoms with Crippen molar-refractivity contribution in [3.05, 3.63) is 24.0 Å². The molecule has 1 aliphatic carbocycles. The molecule has 1 aliphatic rings. The first-order valence-electron chi connectivity index (χ1n) is 4.84. The average molecular weight is 264 g/mol. The number of ketones is 1. The Morgan fingerprint density at radius 2 is 2.19 bits per heavy atom. The summed E-state index contributed by atoms with van der Waals surface area (Å²) in [4.78, 5) is 18.2. The molecule has 0 amide bonds. The van der Waals surface area contributed by atoms with Gasteiger partial charge in [-0.15, -0.1) is 0 Å². The van der Waals surface area contributed by atoms with Gasteiger partial charge in [0.05, 0.1) is 7.11 Å². The molecule has 3 nitrogen and oxygen atoms in total. The van der Waals surface area contributed by atoms with Crippen molar-refractivity contribution in [3.63, 3.8) is 0 Å². The second-order valence-corrected chi connectivity index (χ2v) is 3.41. The Hall–Kier alpha value is -0.861. The number of hydrogen-bond donors (Lipinski definition) is 0. The van der Waals surface area contributed by atoms with Crippen LogP contribution in [-0.4, -0.2) is 19.7 Å². The Balaban J connectivity index is 0. The van der Waals surface area contributed by atoms with Gasteiger partial charge in [0, 0.05) is 23.5 Å². The third-order valence-corrected chi connectivity index (χ3v) is 2.26. The molecule has 0 saturated heterocycles. The smallest absolute Gasteiger partial charge is 0.281 e. The Kier molecular flexibility index (Phi) is 11.7. The van der Waals surface area contributed by atoms with E-state index in [0.717, 1.165) is 18.6 Å². The summed E-state index contributed by atoms with van der Waals surface area (Å²) in [6.07, 6.45) is 8.82. The number of allylic oxidation sites excluding steroid dienone is 3. The molecule has 0 heterocycles. The molecule has 1 rings (SSSR count). The van der Waals surface area contributed by atoms with E-state index in [0.29, 0.717) is 12.3 Å². The van der Waals surface area contributed by atoms with Gasteiger partial charge in [0.1, 0.15) is 11.5 Å². The Morgan fingerprint density at radius 1 is 1.56 bits per heavy atom. The van der Waals surface area contributed by atoms with Crippen LogP contribution in [-0.2, 0) is 31.4 Å². The van der Waals surface area contributed by atoms with Crippen molar-refractivity contribution in [2.75, 3.05) is 7.11 Å². The van der Waals surface area contributed by atoms with E-state index in [1.54, 1.807) is 14.0 Å². The zero-order valence-electron chi connectivity index (χ0n) is 9.51. The third-order valence-electron chi connectivity index (χ3n) is 2.26. The van der Waals surface area contributed by atoms with Crippen molar-refractivity contribution in [3.8, 4) is 0 Å². The number of carbonyl (C=O) groups excluding carboxylic acids is 2. The minimum absolute atomic E-state index is 0. The van der Waals surface area contributed by atoms with Gasteiger partial charge in [-0.3, -0.25) is 4.79 Å². The topological polar surface area (TPSA) is 43.4 Å². The predicted molar refractivity (Wildman–Crippen MR) is 57.9 cm³/mol. The normalized spacial score (nSPS) is 17.4. The summed E-state index contributed by atoms with van der Waals surface area (Å²) in [6.45, 7) is 6.14. The van der Waals surface area contributed by atoms with Crippen LogP contribution in [0.25, 0.3) is 0 Å². The molecular formula is C12H16FeO3.